The maximum Gasteiger partial charge on any atom is 0.282 e. The highest BCUT2D eigenvalue weighted by Gasteiger charge is 2.37. The van der Waals surface area contributed by atoms with E-state index < -0.39 is 10.2 Å². The minimum atomic E-state index is -3.32. The first-order chi connectivity index (χ1) is 9.46. The second-order valence-corrected chi connectivity index (χ2v) is 8.08. The highest BCUT2D eigenvalue weighted by molar-refractivity contribution is 7.86. The summed E-state index contributed by atoms with van der Waals surface area (Å²) in [6, 6.07) is 0.778. The van der Waals surface area contributed by atoms with Crippen molar-refractivity contribution in [3.05, 3.63) is 0 Å². The van der Waals surface area contributed by atoms with Crippen LogP contribution in [-0.2, 0) is 10.2 Å². The molecule has 2 aliphatic rings. The maximum atomic E-state index is 12.9. The Morgan fingerprint density at radius 3 is 2.50 bits per heavy atom. The van der Waals surface area contributed by atoms with Crippen LogP contribution in [0.1, 0.15) is 52.9 Å². The van der Waals surface area contributed by atoms with Crippen LogP contribution in [0.5, 0.6) is 0 Å². The standard InChI is InChI=1S/C14H29N3O2S/c1-4-16(12(2)3)20(18,19)17-10-6-5-7-14(17)11-15-13-8-9-13/h12-15H,4-11H2,1-3H3. The van der Waals surface area contributed by atoms with Crippen LogP contribution in [0.25, 0.3) is 0 Å². The Bertz CT molecular complexity index is 407. The lowest BCUT2D eigenvalue weighted by Gasteiger charge is -2.39. The van der Waals surface area contributed by atoms with Crippen molar-refractivity contribution in [3.63, 3.8) is 0 Å². The van der Waals surface area contributed by atoms with Crippen molar-refractivity contribution in [3.8, 4) is 0 Å². The van der Waals surface area contributed by atoms with Gasteiger partial charge in [-0.1, -0.05) is 13.3 Å². The molecule has 0 amide bonds. The zero-order chi connectivity index (χ0) is 14.8. The van der Waals surface area contributed by atoms with E-state index in [4.69, 9.17) is 0 Å². The van der Waals surface area contributed by atoms with Gasteiger partial charge in [-0.2, -0.15) is 17.0 Å². The lowest BCUT2D eigenvalue weighted by atomic mass is 10.1. The molecule has 1 aliphatic carbocycles. The van der Waals surface area contributed by atoms with E-state index in [1.165, 1.54) is 12.8 Å². The van der Waals surface area contributed by atoms with Crippen LogP contribution in [0.15, 0.2) is 0 Å². The van der Waals surface area contributed by atoms with Gasteiger partial charge in [-0.25, -0.2) is 0 Å². The van der Waals surface area contributed by atoms with E-state index in [9.17, 15) is 8.42 Å². The fourth-order valence-corrected chi connectivity index (χ4v) is 5.05. The van der Waals surface area contributed by atoms with Crippen LogP contribution in [-0.4, -0.2) is 54.8 Å². The van der Waals surface area contributed by atoms with Crippen LogP contribution in [0.3, 0.4) is 0 Å². The summed E-state index contributed by atoms with van der Waals surface area (Å²) in [5.41, 5.74) is 0. The predicted molar refractivity (Wildman–Crippen MR) is 81.8 cm³/mol. The fraction of sp³-hybridized carbons (Fsp3) is 1.00. The van der Waals surface area contributed by atoms with Crippen LogP contribution in [0, 0.1) is 0 Å². The average Bonchev–Trinajstić information content (AvgIpc) is 3.20. The molecule has 1 atom stereocenters. The van der Waals surface area contributed by atoms with Crippen LogP contribution in [0.2, 0.25) is 0 Å². The Morgan fingerprint density at radius 1 is 1.25 bits per heavy atom. The van der Waals surface area contributed by atoms with Crippen molar-refractivity contribution in [2.45, 2.75) is 71.0 Å². The Morgan fingerprint density at radius 2 is 1.95 bits per heavy atom. The normalized spacial score (nSPS) is 25.6. The molecule has 0 bridgehead atoms. The molecule has 0 spiro atoms. The second kappa shape index (κ2) is 6.73. The van der Waals surface area contributed by atoms with Gasteiger partial charge >= 0.3 is 0 Å². The Balaban J connectivity index is 2.08. The van der Waals surface area contributed by atoms with E-state index >= 15 is 0 Å². The summed E-state index contributed by atoms with van der Waals surface area (Å²) in [4.78, 5) is 0. The molecule has 1 saturated heterocycles. The number of nitrogens with zero attached hydrogens (tertiary/aromatic N) is 2. The molecule has 6 heteroatoms. The van der Waals surface area contributed by atoms with Crippen molar-refractivity contribution >= 4 is 10.2 Å². The lowest BCUT2D eigenvalue weighted by molar-refractivity contribution is 0.219. The SMILES string of the molecule is CCN(C(C)C)S(=O)(=O)N1CCCCC1CNC1CC1. The number of hydrogen-bond donors (Lipinski definition) is 1. The fourth-order valence-electron chi connectivity index (χ4n) is 3.00. The van der Waals surface area contributed by atoms with E-state index in [0.29, 0.717) is 19.1 Å². The molecular formula is C14H29N3O2S. The quantitative estimate of drug-likeness (QED) is 0.777. The predicted octanol–water partition coefficient (Wildman–Crippen LogP) is 1.57. The van der Waals surface area contributed by atoms with Crippen LogP contribution >= 0.6 is 0 Å². The third-order valence-corrected chi connectivity index (χ3v) is 6.62. The van der Waals surface area contributed by atoms with Gasteiger partial charge in [-0.15, -0.1) is 0 Å². The van der Waals surface area contributed by atoms with Crippen LogP contribution in [0.4, 0.5) is 0 Å². The van der Waals surface area contributed by atoms with Gasteiger partial charge < -0.3 is 5.32 Å². The number of piperidine rings is 1. The van der Waals surface area contributed by atoms with Crippen molar-refractivity contribution in [1.82, 2.24) is 13.9 Å². The molecule has 1 saturated carbocycles. The van der Waals surface area contributed by atoms with Gasteiger partial charge in [0.1, 0.15) is 0 Å². The number of nitrogens with one attached hydrogen (secondary N) is 1. The van der Waals surface area contributed by atoms with Gasteiger partial charge in [-0.3, -0.25) is 0 Å². The van der Waals surface area contributed by atoms with Gasteiger partial charge in [0.05, 0.1) is 0 Å². The second-order valence-electron chi connectivity index (χ2n) is 6.25. The molecule has 1 unspecified atom stereocenters. The Hall–Kier alpha value is -0.170. The maximum absolute atomic E-state index is 12.9. The summed E-state index contributed by atoms with van der Waals surface area (Å²) in [5, 5.41) is 3.49. The summed E-state index contributed by atoms with van der Waals surface area (Å²) >= 11 is 0. The smallest absolute Gasteiger partial charge is 0.282 e. The topological polar surface area (TPSA) is 52.7 Å². The summed E-state index contributed by atoms with van der Waals surface area (Å²) in [6.45, 7) is 7.82. The minimum absolute atomic E-state index is 0.0176. The highest BCUT2D eigenvalue weighted by atomic mass is 32.2. The first kappa shape index (κ1) is 16.2. The lowest BCUT2D eigenvalue weighted by Crippen LogP contribution is -2.55. The van der Waals surface area contributed by atoms with E-state index in [0.717, 1.165) is 25.8 Å². The van der Waals surface area contributed by atoms with E-state index in [2.05, 4.69) is 5.32 Å². The average molecular weight is 303 g/mol. The molecule has 0 radical (unpaired) electrons. The molecule has 1 aliphatic heterocycles. The molecule has 2 rings (SSSR count). The molecule has 118 valence electrons. The van der Waals surface area contributed by atoms with Crippen molar-refractivity contribution in [2.75, 3.05) is 19.6 Å². The zero-order valence-corrected chi connectivity index (χ0v) is 13.8. The monoisotopic (exact) mass is 303 g/mol. The zero-order valence-electron chi connectivity index (χ0n) is 13.0. The largest absolute Gasteiger partial charge is 0.312 e. The molecule has 0 aromatic carbocycles. The Labute approximate surface area is 123 Å². The van der Waals surface area contributed by atoms with E-state index in [-0.39, 0.29) is 12.1 Å². The minimum Gasteiger partial charge on any atom is -0.312 e. The molecule has 1 heterocycles. The summed E-state index contributed by atoms with van der Waals surface area (Å²) in [7, 11) is -3.32. The third kappa shape index (κ3) is 3.72. The summed E-state index contributed by atoms with van der Waals surface area (Å²) in [6.07, 6.45) is 5.58. The van der Waals surface area contributed by atoms with Gasteiger partial charge in [0, 0.05) is 37.8 Å². The Kier molecular flexibility index (Phi) is 5.45. The molecule has 5 nitrogen and oxygen atoms in total. The number of hydrogen-bond acceptors (Lipinski definition) is 3. The summed E-state index contributed by atoms with van der Waals surface area (Å²) in [5.74, 6) is 0. The molecule has 0 aromatic heterocycles. The van der Waals surface area contributed by atoms with Crippen molar-refractivity contribution in [2.24, 2.45) is 0 Å². The van der Waals surface area contributed by atoms with Gasteiger partial charge in [0.2, 0.25) is 0 Å². The molecule has 1 N–H and O–H groups in total. The van der Waals surface area contributed by atoms with E-state index in [1.807, 2.05) is 20.8 Å². The van der Waals surface area contributed by atoms with Gasteiger partial charge in [0.15, 0.2) is 0 Å². The summed E-state index contributed by atoms with van der Waals surface area (Å²) < 4.78 is 29.1. The molecule has 20 heavy (non-hydrogen) atoms. The molecular weight excluding hydrogens is 274 g/mol. The van der Waals surface area contributed by atoms with Crippen molar-refractivity contribution in [1.29, 1.82) is 0 Å². The third-order valence-electron chi connectivity index (χ3n) is 4.27. The highest BCUT2D eigenvalue weighted by Crippen LogP contribution is 2.25. The first-order valence-corrected chi connectivity index (χ1v) is 9.38. The van der Waals surface area contributed by atoms with E-state index in [1.54, 1.807) is 8.61 Å². The number of rotatable bonds is 7. The first-order valence-electron chi connectivity index (χ1n) is 7.98. The van der Waals surface area contributed by atoms with Crippen molar-refractivity contribution < 1.29 is 8.42 Å². The van der Waals surface area contributed by atoms with Gasteiger partial charge in [0.25, 0.3) is 10.2 Å². The van der Waals surface area contributed by atoms with Crippen LogP contribution < -0.4 is 5.32 Å². The molecule has 2 fully saturated rings. The van der Waals surface area contributed by atoms with Gasteiger partial charge in [-0.05, 0) is 39.5 Å². The molecule has 0 aromatic rings.